The predicted octanol–water partition coefficient (Wildman–Crippen LogP) is 4.02. The molecule has 7 aliphatic rings. The molecule has 37 heavy (non-hydrogen) atoms. The van der Waals surface area contributed by atoms with Gasteiger partial charge in [-0.25, -0.2) is 0 Å². The summed E-state index contributed by atoms with van der Waals surface area (Å²) < 4.78 is 14.6. The van der Waals surface area contributed by atoms with Gasteiger partial charge in [-0.2, -0.15) is 0 Å². The van der Waals surface area contributed by atoms with Crippen LogP contribution in [-0.2, 0) is 11.2 Å². The Morgan fingerprint density at radius 3 is 2.59 bits per heavy atom. The van der Waals surface area contributed by atoms with Gasteiger partial charge in [0.1, 0.15) is 23.5 Å². The van der Waals surface area contributed by atoms with Gasteiger partial charge in [0.05, 0.1) is 37.2 Å². The first-order valence-corrected chi connectivity index (χ1v) is 14.5. The van der Waals surface area contributed by atoms with E-state index in [0.29, 0.717) is 23.3 Å². The van der Waals surface area contributed by atoms with E-state index in [1.165, 1.54) is 37.1 Å². The molecule has 0 radical (unpaired) electrons. The van der Waals surface area contributed by atoms with Gasteiger partial charge in [-0.05, 0) is 62.5 Å². The molecule has 2 heterocycles. The second-order valence-electron chi connectivity index (χ2n) is 15.1. The number of likely N-dealkylation sites (tertiary alicyclic amines) is 1. The van der Waals surface area contributed by atoms with Crippen LogP contribution >= 0.6 is 0 Å². The van der Waals surface area contributed by atoms with E-state index in [1.54, 1.807) is 0 Å². The van der Waals surface area contributed by atoms with E-state index in [4.69, 9.17) is 15.2 Å². The third-order valence-electron chi connectivity index (χ3n) is 12.5. The summed E-state index contributed by atoms with van der Waals surface area (Å²) in [4.78, 5) is 12.6. The number of carbonyl (C=O) groups excluding carboxylic acids is 1. The van der Waals surface area contributed by atoms with Crippen LogP contribution in [0.15, 0.2) is 12.1 Å². The van der Waals surface area contributed by atoms with Gasteiger partial charge in [0, 0.05) is 35.8 Å². The number of aliphatic hydroxyl groups is 1. The predicted molar refractivity (Wildman–Crippen MR) is 141 cm³/mol. The van der Waals surface area contributed by atoms with Crippen molar-refractivity contribution in [3.05, 3.63) is 28.8 Å². The molecule has 2 bridgehead atoms. The number of methoxy groups -OCH3 is 1. The fourth-order valence-electron chi connectivity index (χ4n) is 10.4. The van der Waals surface area contributed by atoms with Crippen molar-refractivity contribution in [1.82, 2.24) is 0 Å². The first-order valence-electron chi connectivity index (χ1n) is 14.5. The topological polar surface area (TPSA) is 81.8 Å². The minimum Gasteiger partial charge on any atom is -0.486 e. The summed E-state index contributed by atoms with van der Waals surface area (Å²) in [5.41, 5.74) is 7.10. The zero-order valence-corrected chi connectivity index (χ0v) is 23.5. The highest BCUT2D eigenvalue weighted by Crippen LogP contribution is 2.74. The van der Waals surface area contributed by atoms with Crippen LogP contribution in [-0.4, -0.2) is 66.1 Å². The molecule has 1 spiro atoms. The molecule has 5 fully saturated rings. The molecule has 9 atom stereocenters. The Labute approximate surface area is 221 Å². The fraction of sp³-hybridized carbons (Fsp3) is 0.774. The minimum absolute atomic E-state index is 0.00415. The molecule has 1 amide bonds. The monoisotopic (exact) mass is 509 g/mol. The smallest absolute Gasteiger partial charge is 0.252 e. The molecule has 3 unspecified atom stereocenters. The Hall–Kier alpha value is -1.63. The highest BCUT2D eigenvalue weighted by molar-refractivity contribution is 5.96. The van der Waals surface area contributed by atoms with Gasteiger partial charge in [-0.3, -0.25) is 4.79 Å². The number of quaternary nitrogens is 1. The molecular weight excluding hydrogens is 464 g/mol. The Morgan fingerprint density at radius 1 is 1.24 bits per heavy atom. The summed E-state index contributed by atoms with van der Waals surface area (Å²) in [5.74, 6) is 1.87. The van der Waals surface area contributed by atoms with E-state index in [1.807, 2.05) is 20.1 Å². The Kier molecular flexibility index (Phi) is 4.69. The second-order valence-corrected chi connectivity index (χ2v) is 15.1. The molecule has 8 rings (SSSR count). The van der Waals surface area contributed by atoms with Gasteiger partial charge < -0.3 is 24.8 Å². The average Bonchev–Trinajstić information content (AvgIpc) is 3.52. The maximum absolute atomic E-state index is 12.6. The summed E-state index contributed by atoms with van der Waals surface area (Å²) in [7, 11) is 4.32. The molecule has 2 aliphatic heterocycles. The number of carbonyl (C=O) groups is 1. The van der Waals surface area contributed by atoms with Gasteiger partial charge in [0.25, 0.3) is 5.91 Å². The van der Waals surface area contributed by atoms with Crippen molar-refractivity contribution in [3.8, 4) is 5.75 Å². The van der Waals surface area contributed by atoms with Crippen LogP contribution in [0.1, 0.15) is 87.2 Å². The summed E-state index contributed by atoms with van der Waals surface area (Å²) in [6.07, 6.45) is 6.46. The maximum atomic E-state index is 12.6. The zero-order chi connectivity index (χ0) is 26.3. The van der Waals surface area contributed by atoms with Crippen LogP contribution in [0.4, 0.5) is 0 Å². The maximum Gasteiger partial charge on any atom is 0.252 e. The van der Waals surface area contributed by atoms with Gasteiger partial charge in [-0.15, -0.1) is 0 Å². The van der Waals surface area contributed by atoms with Crippen molar-refractivity contribution in [2.45, 2.75) is 95.5 Å². The molecule has 6 heteroatoms. The highest BCUT2D eigenvalue weighted by Gasteiger charge is 2.79. The van der Waals surface area contributed by atoms with Gasteiger partial charge >= 0.3 is 0 Å². The van der Waals surface area contributed by atoms with Crippen LogP contribution in [0.5, 0.6) is 5.75 Å². The SMILES string of the molecule is CO[C@]12CC[C@]3(C[C@@H]1C(C)(O)C(C)(C)C)C1c4c(ccc(C(N)=O)c4O[C@H]12)CC1C[N@+](C)(CC2CC2)[C@H]13. The lowest BCUT2D eigenvalue weighted by atomic mass is 9.40. The molecule has 3 N–H and O–H groups in total. The molecule has 1 aromatic carbocycles. The van der Waals surface area contributed by atoms with Crippen molar-refractivity contribution < 1.29 is 23.9 Å². The lowest BCUT2D eigenvalue weighted by Gasteiger charge is -2.71. The van der Waals surface area contributed by atoms with Gasteiger partial charge in [0.2, 0.25) is 0 Å². The Bertz CT molecular complexity index is 1180. The van der Waals surface area contributed by atoms with E-state index < -0.39 is 17.1 Å². The second kappa shape index (κ2) is 7.11. The molecular formula is C31H45N2O4+. The van der Waals surface area contributed by atoms with Crippen LogP contribution in [0.3, 0.4) is 0 Å². The number of hydrogen-bond acceptors (Lipinski definition) is 4. The summed E-state index contributed by atoms with van der Waals surface area (Å²) in [6.45, 7) is 11.0. The summed E-state index contributed by atoms with van der Waals surface area (Å²) in [6, 6.07) is 4.59. The number of nitrogens with zero attached hydrogens (tertiary/aromatic N) is 1. The molecule has 5 aliphatic carbocycles. The molecule has 1 saturated heterocycles. The molecule has 0 aromatic heterocycles. The lowest BCUT2D eigenvalue weighted by molar-refractivity contribution is -0.993. The zero-order valence-electron chi connectivity index (χ0n) is 23.5. The van der Waals surface area contributed by atoms with Crippen molar-refractivity contribution in [1.29, 1.82) is 0 Å². The molecule has 6 nitrogen and oxygen atoms in total. The summed E-state index contributed by atoms with van der Waals surface area (Å²) >= 11 is 0. The first-order chi connectivity index (χ1) is 17.3. The van der Waals surface area contributed by atoms with Crippen LogP contribution < -0.4 is 10.5 Å². The van der Waals surface area contributed by atoms with Crippen LogP contribution in [0, 0.1) is 28.6 Å². The average molecular weight is 510 g/mol. The Balaban J connectivity index is 1.47. The number of amides is 1. The molecule has 1 aromatic rings. The van der Waals surface area contributed by atoms with Crippen LogP contribution in [0.2, 0.25) is 0 Å². The Morgan fingerprint density at radius 2 is 1.97 bits per heavy atom. The highest BCUT2D eigenvalue weighted by atomic mass is 16.6. The number of nitrogens with two attached hydrogens (primary N) is 1. The number of fused-ring (bicyclic) bond motifs is 3. The third kappa shape index (κ3) is 2.85. The van der Waals surface area contributed by atoms with Crippen molar-refractivity contribution in [2.75, 3.05) is 27.2 Å². The lowest BCUT2D eigenvalue weighted by Crippen LogP contribution is -2.81. The fourth-order valence-corrected chi connectivity index (χ4v) is 10.4. The number of ether oxygens (including phenoxy) is 2. The van der Waals surface area contributed by atoms with Crippen LogP contribution in [0.25, 0.3) is 0 Å². The molecule has 4 saturated carbocycles. The normalized spacial score (nSPS) is 44.7. The van der Waals surface area contributed by atoms with E-state index in [-0.39, 0.29) is 28.8 Å². The molecule has 202 valence electrons. The van der Waals surface area contributed by atoms with Crippen molar-refractivity contribution in [2.24, 2.45) is 34.3 Å². The van der Waals surface area contributed by atoms with E-state index in [9.17, 15) is 9.90 Å². The number of benzene rings is 1. The van der Waals surface area contributed by atoms with Crippen molar-refractivity contribution >= 4 is 5.91 Å². The number of hydrogen-bond donors (Lipinski definition) is 2. The first kappa shape index (κ1) is 24.4. The number of primary amides is 1. The van der Waals surface area contributed by atoms with Crippen molar-refractivity contribution in [3.63, 3.8) is 0 Å². The van der Waals surface area contributed by atoms with E-state index >= 15 is 0 Å². The van der Waals surface area contributed by atoms with E-state index in [2.05, 4.69) is 33.9 Å². The largest absolute Gasteiger partial charge is 0.486 e. The van der Waals surface area contributed by atoms with Gasteiger partial charge in [0.15, 0.2) is 0 Å². The van der Waals surface area contributed by atoms with Gasteiger partial charge in [-0.1, -0.05) is 26.8 Å². The summed E-state index contributed by atoms with van der Waals surface area (Å²) in [5, 5.41) is 12.3. The van der Waals surface area contributed by atoms with E-state index in [0.717, 1.165) is 36.1 Å². The standard InChI is InChI=1S/C31H44N2O4/c1-28(2,3)29(4,35)21-14-30-11-12-31(21,36-6)26-23(30)22-18(9-10-20(27(32)34)24(22)37-26)13-19-16-33(5,25(19)30)15-17-7-8-17/h9-10,17,19,21,23,25-26,35H,7-8,11-16H2,1-6H3,(H-,32,34)/p+1/t19?,21-,23?,25-,26-,29?,30+,31-,33+/m1/s1. The minimum atomic E-state index is -0.944. The third-order valence-corrected chi connectivity index (χ3v) is 12.5. The quantitative estimate of drug-likeness (QED) is 0.588. The number of rotatable bonds is 5.